The molecule has 0 saturated carbocycles. The van der Waals surface area contributed by atoms with Crippen molar-refractivity contribution in [1.29, 1.82) is 0 Å². The first kappa shape index (κ1) is 15.7. The van der Waals surface area contributed by atoms with E-state index in [1.54, 1.807) is 0 Å². The molecular formula is C19H23N3O. The number of fused-ring (bicyclic) bond motifs is 1. The maximum atomic E-state index is 12.0. The molecule has 0 aromatic heterocycles. The van der Waals surface area contributed by atoms with Gasteiger partial charge in [-0.1, -0.05) is 35.9 Å². The smallest absolute Gasteiger partial charge is 0.251 e. The summed E-state index contributed by atoms with van der Waals surface area (Å²) in [6, 6.07) is 14.7. The SMILES string of the molecule is Cc1ccc(CN2Cc3ccc(C(=O)NCCN)cc3C2)cc1. The molecule has 0 bridgehead atoms. The van der Waals surface area contributed by atoms with Crippen LogP contribution in [-0.2, 0) is 19.6 Å². The maximum Gasteiger partial charge on any atom is 0.251 e. The first-order valence-corrected chi connectivity index (χ1v) is 8.03. The highest BCUT2D eigenvalue weighted by molar-refractivity contribution is 5.94. The van der Waals surface area contributed by atoms with Crippen LogP contribution in [0, 0.1) is 6.92 Å². The van der Waals surface area contributed by atoms with Crippen LogP contribution in [0.25, 0.3) is 0 Å². The highest BCUT2D eigenvalue weighted by Gasteiger charge is 2.20. The van der Waals surface area contributed by atoms with E-state index in [0.29, 0.717) is 13.1 Å². The van der Waals surface area contributed by atoms with Crippen LogP contribution in [-0.4, -0.2) is 23.9 Å². The van der Waals surface area contributed by atoms with E-state index in [1.165, 1.54) is 22.3 Å². The lowest BCUT2D eigenvalue weighted by atomic mass is 10.1. The van der Waals surface area contributed by atoms with Gasteiger partial charge in [0.1, 0.15) is 0 Å². The number of nitrogens with two attached hydrogens (primary N) is 1. The summed E-state index contributed by atoms with van der Waals surface area (Å²) in [7, 11) is 0. The van der Waals surface area contributed by atoms with Gasteiger partial charge in [0.05, 0.1) is 0 Å². The monoisotopic (exact) mass is 309 g/mol. The van der Waals surface area contributed by atoms with E-state index in [0.717, 1.165) is 25.2 Å². The largest absolute Gasteiger partial charge is 0.351 e. The fraction of sp³-hybridized carbons (Fsp3) is 0.316. The summed E-state index contributed by atoms with van der Waals surface area (Å²) in [5.74, 6) is -0.0461. The Labute approximate surface area is 137 Å². The number of aryl methyl sites for hydroxylation is 1. The fourth-order valence-corrected chi connectivity index (χ4v) is 2.96. The Hall–Kier alpha value is -2.17. The number of nitrogens with one attached hydrogen (secondary N) is 1. The van der Waals surface area contributed by atoms with Crippen LogP contribution in [0.3, 0.4) is 0 Å². The Kier molecular flexibility index (Phi) is 4.74. The third kappa shape index (κ3) is 3.78. The lowest BCUT2D eigenvalue weighted by Crippen LogP contribution is -2.29. The predicted molar refractivity (Wildman–Crippen MR) is 92.0 cm³/mol. The first-order valence-electron chi connectivity index (χ1n) is 8.03. The second kappa shape index (κ2) is 6.94. The van der Waals surface area contributed by atoms with Crippen LogP contribution in [0.2, 0.25) is 0 Å². The maximum absolute atomic E-state index is 12.0. The van der Waals surface area contributed by atoms with Crippen LogP contribution in [0.1, 0.15) is 32.6 Å². The van der Waals surface area contributed by atoms with Crippen LogP contribution >= 0.6 is 0 Å². The minimum Gasteiger partial charge on any atom is -0.351 e. The molecule has 0 atom stereocenters. The standard InChI is InChI=1S/C19H23N3O/c1-14-2-4-15(5-3-14)11-22-12-17-7-6-16(10-18(17)13-22)19(23)21-9-8-20/h2-7,10H,8-9,11-13,20H2,1H3,(H,21,23). The molecule has 0 aliphatic carbocycles. The van der Waals surface area contributed by atoms with Crippen molar-refractivity contribution in [2.24, 2.45) is 5.73 Å². The van der Waals surface area contributed by atoms with Crippen molar-refractivity contribution in [1.82, 2.24) is 10.2 Å². The molecule has 0 fully saturated rings. The van der Waals surface area contributed by atoms with E-state index in [2.05, 4.69) is 47.5 Å². The van der Waals surface area contributed by atoms with Crippen LogP contribution in [0.15, 0.2) is 42.5 Å². The number of hydrogen-bond acceptors (Lipinski definition) is 3. The molecule has 3 N–H and O–H groups in total. The van der Waals surface area contributed by atoms with Crippen LogP contribution < -0.4 is 11.1 Å². The fourth-order valence-electron chi connectivity index (χ4n) is 2.96. The van der Waals surface area contributed by atoms with Gasteiger partial charge >= 0.3 is 0 Å². The Morgan fingerprint density at radius 2 is 1.87 bits per heavy atom. The molecule has 1 aliphatic heterocycles. The van der Waals surface area contributed by atoms with E-state index in [4.69, 9.17) is 5.73 Å². The zero-order valence-electron chi connectivity index (χ0n) is 13.5. The summed E-state index contributed by atoms with van der Waals surface area (Å²) < 4.78 is 0. The summed E-state index contributed by atoms with van der Waals surface area (Å²) in [6.45, 7) is 5.84. The van der Waals surface area contributed by atoms with E-state index in [1.807, 2.05) is 12.1 Å². The number of hydrogen-bond donors (Lipinski definition) is 2. The molecule has 4 nitrogen and oxygen atoms in total. The van der Waals surface area contributed by atoms with E-state index in [9.17, 15) is 4.79 Å². The zero-order valence-corrected chi connectivity index (χ0v) is 13.5. The average Bonchev–Trinajstić information content (AvgIpc) is 2.96. The molecule has 1 aliphatic rings. The van der Waals surface area contributed by atoms with Crippen molar-refractivity contribution in [2.45, 2.75) is 26.6 Å². The van der Waals surface area contributed by atoms with Crippen molar-refractivity contribution in [3.05, 3.63) is 70.3 Å². The van der Waals surface area contributed by atoms with Gasteiger partial charge in [-0.25, -0.2) is 0 Å². The van der Waals surface area contributed by atoms with Gasteiger partial charge in [-0.2, -0.15) is 0 Å². The molecule has 0 radical (unpaired) electrons. The summed E-state index contributed by atoms with van der Waals surface area (Å²) in [5.41, 5.74) is 11.3. The van der Waals surface area contributed by atoms with Gasteiger partial charge in [-0.05, 0) is 35.7 Å². The third-order valence-corrected chi connectivity index (χ3v) is 4.21. The topological polar surface area (TPSA) is 58.4 Å². The predicted octanol–water partition coefficient (Wildman–Crippen LogP) is 2.20. The first-order chi connectivity index (χ1) is 11.2. The van der Waals surface area contributed by atoms with E-state index >= 15 is 0 Å². The molecule has 1 heterocycles. The summed E-state index contributed by atoms with van der Waals surface area (Å²) >= 11 is 0. The van der Waals surface area contributed by atoms with Gasteiger partial charge in [0.25, 0.3) is 5.91 Å². The normalized spacial score (nSPS) is 13.8. The molecule has 23 heavy (non-hydrogen) atoms. The van der Waals surface area contributed by atoms with Gasteiger partial charge in [0, 0.05) is 38.3 Å². The Bertz CT molecular complexity index is 694. The molecule has 0 unspecified atom stereocenters. The average molecular weight is 309 g/mol. The minimum absolute atomic E-state index is 0.0461. The number of amides is 1. The van der Waals surface area contributed by atoms with Crippen molar-refractivity contribution >= 4 is 5.91 Å². The number of rotatable bonds is 5. The molecule has 0 saturated heterocycles. The lowest BCUT2D eigenvalue weighted by Gasteiger charge is -2.14. The second-order valence-electron chi connectivity index (χ2n) is 6.16. The highest BCUT2D eigenvalue weighted by Crippen LogP contribution is 2.25. The number of benzene rings is 2. The molecule has 3 rings (SSSR count). The molecule has 0 spiro atoms. The van der Waals surface area contributed by atoms with Gasteiger partial charge in [-0.15, -0.1) is 0 Å². The van der Waals surface area contributed by atoms with Gasteiger partial charge in [0.2, 0.25) is 0 Å². The lowest BCUT2D eigenvalue weighted by molar-refractivity contribution is 0.0954. The van der Waals surface area contributed by atoms with Crippen molar-refractivity contribution < 1.29 is 4.79 Å². The molecule has 4 heteroatoms. The molecule has 1 amide bonds. The van der Waals surface area contributed by atoms with Gasteiger partial charge in [0.15, 0.2) is 0 Å². The van der Waals surface area contributed by atoms with Crippen molar-refractivity contribution in [3.8, 4) is 0 Å². The number of carbonyl (C=O) groups excluding carboxylic acids is 1. The quantitative estimate of drug-likeness (QED) is 0.890. The molecular weight excluding hydrogens is 286 g/mol. The summed E-state index contributed by atoms with van der Waals surface area (Å²) in [4.78, 5) is 14.4. The Morgan fingerprint density at radius 1 is 1.13 bits per heavy atom. The van der Waals surface area contributed by atoms with Crippen molar-refractivity contribution in [2.75, 3.05) is 13.1 Å². The van der Waals surface area contributed by atoms with Crippen molar-refractivity contribution in [3.63, 3.8) is 0 Å². The van der Waals surface area contributed by atoms with Crippen LogP contribution in [0.4, 0.5) is 0 Å². The van der Waals surface area contributed by atoms with Gasteiger partial charge in [-0.3, -0.25) is 9.69 Å². The highest BCUT2D eigenvalue weighted by atomic mass is 16.1. The Balaban J connectivity index is 1.66. The molecule has 2 aromatic rings. The third-order valence-electron chi connectivity index (χ3n) is 4.21. The second-order valence-corrected chi connectivity index (χ2v) is 6.16. The minimum atomic E-state index is -0.0461. The molecule has 2 aromatic carbocycles. The summed E-state index contributed by atoms with van der Waals surface area (Å²) in [6.07, 6.45) is 0. The zero-order chi connectivity index (χ0) is 16.2. The summed E-state index contributed by atoms with van der Waals surface area (Å²) in [5, 5.41) is 2.82. The Morgan fingerprint density at radius 3 is 2.61 bits per heavy atom. The number of nitrogens with zero attached hydrogens (tertiary/aromatic N) is 1. The van der Waals surface area contributed by atoms with E-state index in [-0.39, 0.29) is 5.91 Å². The molecule has 120 valence electrons. The van der Waals surface area contributed by atoms with Crippen LogP contribution in [0.5, 0.6) is 0 Å². The van der Waals surface area contributed by atoms with Gasteiger partial charge < -0.3 is 11.1 Å². The number of carbonyl (C=O) groups is 1. The van der Waals surface area contributed by atoms with E-state index < -0.39 is 0 Å².